The van der Waals surface area contributed by atoms with E-state index >= 15 is 0 Å². The van der Waals surface area contributed by atoms with Crippen LogP contribution >= 0.6 is 0 Å². The number of aliphatic hydroxyl groups excluding tert-OH is 1. The Bertz CT molecular complexity index is 1230. The van der Waals surface area contributed by atoms with Gasteiger partial charge >= 0.3 is 11.9 Å². The molecule has 0 rings (SSSR count). The molecule has 0 aromatic heterocycles. The van der Waals surface area contributed by atoms with Gasteiger partial charge in [0.15, 0.2) is 6.10 Å². The zero-order valence-corrected chi connectivity index (χ0v) is 45.8. The molecule has 0 saturated heterocycles. The van der Waals surface area contributed by atoms with Crippen LogP contribution in [0, 0.1) is 0 Å². The summed E-state index contributed by atoms with van der Waals surface area (Å²) < 4.78 is 10.7. The van der Waals surface area contributed by atoms with Crippen molar-refractivity contribution >= 4 is 11.9 Å². The van der Waals surface area contributed by atoms with E-state index in [0.717, 1.165) is 70.6 Å². The first-order valence-electron chi connectivity index (χ1n) is 30.0. The molecular weight excluding hydrogens is 849 g/mol. The fourth-order valence-electron chi connectivity index (χ4n) is 8.76. The lowest BCUT2D eigenvalue weighted by molar-refractivity contribution is -0.161. The van der Waals surface area contributed by atoms with Crippen molar-refractivity contribution in [2.24, 2.45) is 0 Å². The summed E-state index contributed by atoms with van der Waals surface area (Å²) in [6.07, 6.45) is 81.8. The van der Waals surface area contributed by atoms with Crippen LogP contribution in [0.4, 0.5) is 0 Å². The van der Waals surface area contributed by atoms with Crippen molar-refractivity contribution in [2.45, 2.75) is 309 Å². The van der Waals surface area contributed by atoms with E-state index in [2.05, 4.69) is 86.8 Å². The minimum atomic E-state index is -0.774. The average Bonchev–Trinajstić information content (AvgIpc) is 3.35. The zero-order valence-electron chi connectivity index (χ0n) is 45.8. The van der Waals surface area contributed by atoms with Crippen LogP contribution in [-0.4, -0.2) is 36.4 Å². The maximum atomic E-state index is 12.3. The van der Waals surface area contributed by atoms with Crippen LogP contribution in [0.5, 0.6) is 0 Å². The second-order valence-corrected chi connectivity index (χ2v) is 20.0. The molecule has 0 aromatic rings. The monoisotopic (exact) mass is 963 g/mol. The molecular formula is C64H114O5. The molecule has 400 valence electrons. The smallest absolute Gasteiger partial charge is 0.306 e. The lowest BCUT2D eigenvalue weighted by Gasteiger charge is -2.15. The van der Waals surface area contributed by atoms with Crippen LogP contribution in [0.3, 0.4) is 0 Å². The number of aliphatic hydroxyl groups is 1. The first-order chi connectivity index (χ1) is 34.1. The molecule has 5 heteroatoms. The lowest BCUT2D eigenvalue weighted by Crippen LogP contribution is -2.28. The molecule has 0 heterocycles. The highest BCUT2D eigenvalue weighted by molar-refractivity contribution is 5.70. The summed E-state index contributed by atoms with van der Waals surface area (Å²) in [7, 11) is 0. The summed E-state index contributed by atoms with van der Waals surface area (Å²) in [6.45, 7) is 4.05. The number of carbonyl (C=O) groups is 2. The van der Waals surface area contributed by atoms with Gasteiger partial charge in [0.25, 0.3) is 0 Å². The molecule has 0 saturated carbocycles. The van der Waals surface area contributed by atoms with Crippen molar-refractivity contribution < 1.29 is 24.2 Å². The standard InChI is InChI=1S/C64H114O5/c1-3-5-7-9-11-13-15-17-19-21-23-24-25-26-27-28-29-30-31-32-33-34-35-36-37-38-39-40-41-43-45-47-49-51-53-55-57-59-64(67)69-62(60-65)61-68-63(66)58-56-54-52-50-48-46-44-42-22-20-18-16-14-12-10-8-6-4-2/h5,7,11,13,17,19-20,22-24,26-27,62,65H,3-4,6,8-10,12,14-16,18,21,25,28-61H2,1-2H3/b7-5-,13-11-,19-17-,22-20-,24-23-,27-26-. The predicted molar refractivity (Wildman–Crippen MR) is 302 cm³/mol. The van der Waals surface area contributed by atoms with Gasteiger partial charge in [-0.25, -0.2) is 0 Å². The van der Waals surface area contributed by atoms with Gasteiger partial charge in [0, 0.05) is 12.8 Å². The largest absolute Gasteiger partial charge is 0.462 e. The highest BCUT2D eigenvalue weighted by Gasteiger charge is 2.16. The molecule has 0 aliphatic carbocycles. The summed E-state index contributed by atoms with van der Waals surface area (Å²) in [5.74, 6) is -0.583. The Balaban J connectivity index is 3.43. The van der Waals surface area contributed by atoms with Gasteiger partial charge in [-0.05, 0) is 83.5 Å². The highest BCUT2D eigenvalue weighted by atomic mass is 16.6. The van der Waals surface area contributed by atoms with Crippen molar-refractivity contribution in [3.8, 4) is 0 Å². The number of rotatable bonds is 55. The molecule has 0 amide bonds. The van der Waals surface area contributed by atoms with Gasteiger partial charge in [-0.15, -0.1) is 0 Å². The van der Waals surface area contributed by atoms with E-state index in [9.17, 15) is 14.7 Å². The Labute approximate surface area is 429 Å². The van der Waals surface area contributed by atoms with Crippen molar-refractivity contribution in [1.29, 1.82) is 0 Å². The van der Waals surface area contributed by atoms with Crippen LogP contribution in [0.25, 0.3) is 0 Å². The van der Waals surface area contributed by atoms with Crippen LogP contribution in [0.15, 0.2) is 72.9 Å². The summed E-state index contributed by atoms with van der Waals surface area (Å²) >= 11 is 0. The molecule has 0 fully saturated rings. The molecule has 1 atom stereocenters. The fourth-order valence-corrected chi connectivity index (χ4v) is 8.76. The Morgan fingerprint density at radius 2 is 0.623 bits per heavy atom. The molecule has 0 aliphatic rings. The minimum absolute atomic E-state index is 0.0656. The van der Waals surface area contributed by atoms with Crippen molar-refractivity contribution in [3.05, 3.63) is 72.9 Å². The van der Waals surface area contributed by atoms with Gasteiger partial charge in [0.2, 0.25) is 0 Å². The number of hydrogen-bond acceptors (Lipinski definition) is 5. The van der Waals surface area contributed by atoms with E-state index in [1.807, 2.05) is 0 Å². The zero-order chi connectivity index (χ0) is 49.9. The van der Waals surface area contributed by atoms with E-state index in [-0.39, 0.29) is 25.2 Å². The molecule has 5 nitrogen and oxygen atoms in total. The van der Waals surface area contributed by atoms with Crippen LogP contribution in [0.2, 0.25) is 0 Å². The summed E-state index contributed by atoms with van der Waals surface area (Å²) in [4.78, 5) is 24.5. The number of hydrogen-bond donors (Lipinski definition) is 1. The molecule has 0 aliphatic heterocycles. The van der Waals surface area contributed by atoms with Crippen molar-refractivity contribution in [3.63, 3.8) is 0 Å². The predicted octanol–water partition coefficient (Wildman–Crippen LogP) is 20.4. The van der Waals surface area contributed by atoms with Gasteiger partial charge in [-0.1, -0.05) is 279 Å². The molecule has 0 spiro atoms. The van der Waals surface area contributed by atoms with Gasteiger partial charge in [-0.2, -0.15) is 0 Å². The maximum Gasteiger partial charge on any atom is 0.306 e. The first-order valence-corrected chi connectivity index (χ1v) is 30.0. The summed E-state index contributed by atoms with van der Waals surface area (Å²) in [6, 6.07) is 0. The average molecular weight is 964 g/mol. The van der Waals surface area contributed by atoms with Gasteiger partial charge in [-0.3, -0.25) is 9.59 Å². The van der Waals surface area contributed by atoms with E-state index in [4.69, 9.17) is 9.47 Å². The van der Waals surface area contributed by atoms with Crippen molar-refractivity contribution in [1.82, 2.24) is 0 Å². The number of allylic oxidation sites excluding steroid dienone is 12. The van der Waals surface area contributed by atoms with E-state index in [1.165, 1.54) is 205 Å². The van der Waals surface area contributed by atoms with Gasteiger partial charge < -0.3 is 14.6 Å². The Hall–Kier alpha value is -2.66. The highest BCUT2D eigenvalue weighted by Crippen LogP contribution is 2.17. The molecule has 1 N–H and O–H groups in total. The third kappa shape index (κ3) is 57.8. The number of carbonyl (C=O) groups excluding carboxylic acids is 2. The first kappa shape index (κ1) is 66.3. The Kier molecular flexibility index (Phi) is 57.3. The van der Waals surface area contributed by atoms with E-state index < -0.39 is 6.10 Å². The molecule has 69 heavy (non-hydrogen) atoms. The second kappa shape index (κ2) is 59.6. The summed E-state index contributed by atoms with van der Waals surface area (Å²) in [5.41, 5.74) is 0. The van der Waals surface area contributed by atoms with Crippen LogP contribution in [0.1, 0.15) is 303 Å². The van der Waals surface area contributed by atoms with E-state index in [1.54, 1.807) is 0 Å². The molecule has 0 radical (unpaired) electrons. The quantitative estimate of drug-likeness (QED) is 0.0374. The summed E-state index contributed by atoms with van der Waals surface area (Å²) in [5, 5.41) is 9.65. The van der Waals surface area contributed by atoms with Crippen LogP contribution in [-0.2, 0) is 19.1 Å². The SMILES string of the molecule is CC/C=C\C/C=C\C/C=C\C/C=C\C/C=C\CCCCCCCCCCCCCCCCCCCCCCCC(=O)OC(CO)COC(=O)CCCCCCCCC/C=C\CCCCCCCCC. The van der Waals surface area contributed by atoms with Crippen LogP contribution < -0.4 is 0 Å². The molecule has 0 aromatic carbocycles. The Morgan fingerprint density at radius 1 is 0.348 bits per heavy atom. The molecule has 0 bridgehead atoms. The normalized spacial score (nSPS) is 12.7. The van der Waals surface area contributed by atoms with Crippen molar-refractivity contribution in [2.75, 3.05) is 13.2 Å². The molecule has 1 unspecified atom stereocenters. The third-order valence-electron chi connectivity index (χ3n) is 13.2. The number of ether oxygens (including phenoxy) is 2. The topological polar surface area (TPSA) is 72.8 Å². The number of unbranched alkanes of at least 4 members (excludes halogenated alkanes) is 35. The minimum Gasteiger partial charge on any atom is -0.462 e. The fraction of sp³-hybridized carbons (Fsp3) is 0.781. The van der Waals surface area contributed by atoms with Gasteiger partial charge in [0.1, 0.15) is 6.61 Å². The maximum absolute atomic E-state index is 12.3. The Morgan fingerprint density at radius 3 is 0.957 bits per heavy atom. The lowest BCUT2D eigenvalue weighted by atomic mass is 10.0. The second-order valence-electron chi connectivity index (χ2n) is 20.0. The van der Waals surface area contributed by atoms with E-state index in [0.29, 0.717) is 12.8 Å². The third-order valence-corrected chi connectivity index (χ3v) is 13.2. The van der Waals surface area contributed by atoms with Gasteiger partial charge in [0.05, 0.1) is 6.61 Å². The number of esters is 2.